The third-order valence-electron chi connectivity index (χ3n) is 6.51. The predicted molar refractivity (Wildman–Crippen MR) is 133 cm³/mol. The minimum atomic E-state index is -0.398. The fourth-order valence-corrected chi connectivity index (χ4v) is 4.60. The Hall–Kier alpha value is -4.48. The van der Waals surface area contributed by atoms with Gasteiger partial charge in [-0.25, -0.2) is 9.97 Å². The SMILES string of the molecule is O=[N+]([O-])c1cc2c(Nc3ccc(Oc4ccccc4)cc3)ncnc2cc1C#CC1C2CNC[C@@H]12. The van der Waals surface area contributed by atoms with Crippen molar-refractivity contribution in [2.45, 2.75) is 0 Å². The molecule has 1 saturated carbocycles. The number of nitrogens with zero attached hydrogens (tertiary/aromatic N) is 3. The normalized spacial score (nSPS) is 19.9. The molecule has 6 rings (SSSR count). The molecule has 0 spiro atoms. The average molecular weight is 463 g/mol. The first-order valence-electron chi connectivity index (χ1n) is 11.4. The molecule has 35 heavy (non-hydrogen) atoms. The number of aromatic nitrogens is 2. The number of hydrogen-bond acceptors (Lipinski definition) is 7. The van der Waals surface area contributed by atoms with Crippen LogP contribution in [0, 0.1) is 39.7 Å². The van der Waals surface area contributed by atoms with Crippen molar-refractivity contribution in [2.75, 3.05) is 18.4 Å². The molecule has 1 aliphatic carbocycles. The third-order valence-corrected chi connectivity index (χ3v) is 6.51. The number of rotatable bonds is 5. The Labute approximate surface area is 201 Å². The van der Waals surface area contributed by atoms with Gasteiger partial charge in [0.2, 0.25) is 0 Å². The van der Waals surface area contributed by atoms with Crippen LogP contribution in [0.2, 0.25) is 0 Å². The number of para-hydroxylation sites is 1. The van der Waals surface area contributed by atoms with E-state index in [1.165, 1.54) is 12.4 Å². The van der Waals surface area contributed by atoms with Gasteiger partial charge in [-0.2, -0.15) is 0 Å². The van der Waals surface area contributed by atoms with Crippen LogP contribution in [0.25, 0.3) is 10.9 Å². The van der Waals surface area contributed by atoms with Crippen molar-refractivity contribution < 1.29 is 9.66 Å². The number of nitrogens with one attached hydrogen (secondary N) is 2. The van der Waals surface area contributed by atoms with Gasteiger partial charge in [0.1, 0.15) is 29.2 Å². The number of anilines is 2. The van der Waals surface area contributed by atoms with Crippen LogP contribution in [0.15, 0.2) is 73.1 Å². The summed E-state index contributed by atoms with van der Waals surface area (Å²) in [4.78, 5) is 20.1. The van der Waals surface area contributed by atoms with Crippen LogP contribution in [0.5, 0.6) is 11.5 Å². The molecule has 2 fully saturated rings. The predicted octanol–water partition coefficient (Wildman–Crippen LogP) is 4.89. The zero-order valence-electron chi connectivity index (χ0n) is 18.6. The standard InChI is InChI=1S/C27H21N5O3/c33-32(34)26-13-22-25(12-17(26)6-11-21-23-14-28-15-24(21)23)29-16-30-27(22)31-18-7-9-20(10-8-18)35-19-4-2-1-3-5-19/h1-5,7-10,12-13,16,21,23-24,28H,14-15H2,(H,29,30,31)/t21?,23-,24?/m0/s1. The van der Waals surface area contributed by atoms with Gasteiger partial charge in [0.05, 0.1) is 10.4 Å². The van der Waals surface area contributed by atoms with Crippen molar-refractivity contribution in [3.63, 3.8) is 0 Å². The molecule has 0 bridgehead atoms. The van der Waals surface area contributed by atoms with Crippen molar-refractivity contribution in [1.29, 1.82) is 0 Å². The van der Waals surface area contributed by atoms with Crippen molar-refractivity contribution in [2.24, 2.45) is 17.8 Å². The molecule has 2 heterocycles. The largest absolute Gasteiger partial charge is 0.457 e. The van der Waals surface area contributed by atoms with Gasteiger partial charge < -0.3 is 15.4 Å². The van der Waals surface area contributed by atoms with Crippen LogP contribution >= 0.6 is 0 Å². The molecule has 0 radical (unpaired) electrons. The highest BCUT2D eigenvalue weighted by Crippen LogP contribution is 2.48. The van der Waals surface area contributed by atoms with Crippen LogP contribution in [0.1, 0.15) is 5.56 Å². The molecule has 2 unspecified atom stereocenters. The Morgan fingerprint density at radius 2 is 1.74 bits per heavy atom. The maximum atomic E-state index is 11.8. The number of nitro groups is 1. The topological polar surface area (TPSA) is 102 Å². The van der Waals surface area contributed by atoms with E-state index in [9.17, 15) is 10.1 Å². The Morgan fingerprint density at radius 3 is 2.49 bits per heavy atom. The summed E-state index contributed by atoms with van der Waals surface area (Å²) < 4.78 is 5.83. The summed E-state index contributed by atoms with van der Waals surface area (Å²) in [5.41, 5.74) is 1.70. The fraction of sp³-hybridized carbons (Fsp3) is 0.185. The Morgan fingerprint density at radius 1 is 1.00 bits per heavy atom. The number of fused-ring (bicyclic) bond motifs is 2. The van der Waals surface area contributed by atoms with Crippen molar-refractivity contribution >= 4 is 28.1 Å². The zero-order chi connectivity index (χ0) is 23.8. The van der Waals surface area contributed by atoms with Crippen LogP contribution in [-0.2, 0) is 0 Å². The van der Waals surface area contributed by atoms with E-state index < -0.39 is 4.92 Å². The van der Waals surface area contributed by atoms with Crippen LogP contribution < -0.4 is 15.4 Å². The maximum absolute atomic E-state index is 11.8. The highest BCUT2D eigenvalue weighted by atomic mass is 16.6. The lowest BCUT2D eigenvalue weighted by molar-refractivity contribution is -0.385. The quantitative estimate of drug-likeness (QED) is 0.247. The monoisotopic (exact) mass is 463 g/mol. The van der Waals surface area contributed by atoms with E-state index in [-0.39, 0.29) is 5.69 Å². The minimum absolute atomic E-state index is 0.0432. The first-order chi connectivity index (χ1) is 17.2. The van der Waals surface area contributed by atoms with Gasteiger partial charge in [-0.15, -0.1) is 0 Å². The van der Waals surface area contributed by atoms with E-state index in [1.807, 2.05) is 54.6 Å². The molecule has 8 nitrogen and oxygen atoms in total. The molecule has 8 heteroatoms. The summed E-state index contributed by atoms with van der Waals surface area (Å²) in [5, 5.41) is 19.0. The van der Waals surface area contributed by atoms with E-state index in [0.717, 1.165) is 24.5 Å². The molecule has 1 aliphatic heterocycles. The summed E-state index contributed by atoms with van der Waals surface area (Å²) in [7, 11) is 0. The van der Waals surface area contributed by atoms with E-state index >= 15 is 0 Å². The molecule has 2 N–H and O–H groups in total. The summed E-state index contributed by atoms with van der Waals surface area (Å²) in [6.45, 7) is 1.96. The van der Waals surface area contributed by atoms with E-state index in [0.29, 0.717) is 45.8 Å². The number of benzene rings is 3. The van der Waals surface area contributed by atoms with Crippen molar-refractivity contribution in [3.8, 4) is 23.3 Å². The number of ether oxygens (including phenoxy) is 1. The summed E-state index contributed by atoms with van der Waals surface area (Å²) in [6.07, 6.45) is 1.44. The van der Waals surface area contributed by atoms with Crippen molar-refractivity contribution in [3.05, 3.63) is 88.7 Å². The van der Waals surface area contributed by atoms with Gasteiger partial charge in [0.15, 0.2) is 0 Å². The third kappa shape index (κ3) is 4.25. The maximum Gasteiger partial charge on any atom is 0.285 e. The average Bonchev–Trinajstić information content (AvgIpc) is 3.29. The molecule has 2 aliphatic rings. The minimum Gasteiger partial charge on any atom is -0.457 e. The van der Waals surface area contributed by atoms with Crippen molar-refractivity contribution in [1.82, 2.24) is 15.3 Å². The van der Waals surface area contributed by atoms with Crippen LogP contribution in [0.4, 0.5) is 17.2 Å². The lowest BCUT2D eigenvalue weighted by Gasteiger charge is -2.10. The highest BCUT2D eigenvalue weighted by Gasteiger charge is 2.51. The van der Waals surface area contributed by atoms with Crippen LogP contribution in [0.3, 0.4) is 0 Å². The van der Waals surface area contributed by atoms with E-state index in [4.69, 9.17) is 4.74 Å². The molecular formula is C27H21N5O3. The second-order valence-electron chi connectivity index (χ2n) is 8.71. The molecule has 0 amide bonds. The van der Waals surface area contributed by atoms with E-state index in [2.05, 4.69) is 32.4 Å². The lowest BCUT2D eigenvalue weighted by Crippen LogP contribution is -2.13. The van der Waals surface area contributed by atoms with Gasteiger partial charge in [0.25, 0.3) is 5.69 Å². The van der Waals surface area contributed by atoms with Gasteiger partial charge in [-0.05, 0) is 67.4 Å². The summed E-state index contributed by atoms with van der Waals surface area (Å²) in [6, 6.07) is 20.1. The van der Waals surface area contributed by atoms with Gasteiger partial charge >= 0.3 is 0 Å². The first-order valence-corrected chi connectivity index (χ1v) is 11.4. The van der Waals surface area contributed by atoms with Gasteiger partial charge in [-0.1, -0.05) is 30.0 Å². The Bertz CT molecular complexity index is 1470. The second kappa shape index (κ2) is 8.70. The molecule has 172 valence electrons. The zero-order valence-corrected chi connectivity index (χ0v) is 18.6. The highest BCUT2D eigenvalue weighted by molar-refractivity contribution is 5.93. The Kier molecular flexibility index (Phi) is 5.24. The molecule has 4 aromatic rings. The van der Waals surface area contributed by atoms with Gasteiger partial charge in [0, 0.05) is 23.1 Å². The first kappa shape index (κ1) is 21.1. The summed E-state index contributed by atoms with van der Waals surface area (Å²) >= 11 is 0. The molecular weight excluding hydrogens is 442 g/mol. The second-order valence-corrected chi connectivity index (χ2v) is 8.71. The van der Waals surface area contributed by atoms with Crippen LogP contribution in [-0.4, -0.2) is 28.0 Å². The number of hydrogen-bond donors (Lipinski definition) is 2. The Balaban J connectivity index is 1.26. The molecule has 3 aromatic carbocycles. The summed E-state index contributed by atoms with van der Waals surface area (Å²) in [5.74, 6) is 9.71. The van der Waals surface area contributed by atoms with E-state index in [1.54, 1.807) is 6.07 Å². The number of nitro benzene ring substituents is 1. The fourth-order valence-electron chi connectivity index (χ4n) is 4.60. The smallest absolute Gasteiger partial charge is 0.285 e. The molecule has 1 saturated heterocycles. The molecule has 1 aromatic heterocycles. The molecule has 3 atom stereocenters. The lowest BCUT2D eigenvalue weighted by atomic mass is 10.1. The van der Waals surface area contributed by atoms with Gasteiger partial charge in [-0.3, -0.25) is 10.1 Å². The number of piperidine rings is 1.